The van der Waals surface area contributed by atoms with Crippen LogP contribution in [0.4, 0.5) is 0 Å². The second-order valence-electron chi connectivity index (χ2n) is 4.86. The summed E-state index contributed by atoms with van der Waals surface area (Å²) in [5, 5.41) is 0. The lowest BCUT2D eigenvalue weighted by atomic mass is 9.64. The number of hydrogen-bond donors (Lipinski definition) is 0. The Morgan fingerprint density at radius 3 is 2.54 bits per heavy atom. The summed E-state index contributed by atoms with van der Waals surface area (Å²) in [5.74, 6) is 0.527. The molecule has 2 heteroatoms. The fourth-order valence-corrected chi connectivity index (χ4v) is 2.65. The van der Waals surface area contributed by atoms with E-state index in [4.69, 9.17) is 4.74 Å². The molecule has 13 heavy (non-hydrogen) atoms. The Bertz CT molecular complexity index is 196. The fraction of sp³-hybridized carbons (Fsp3) is 0.909. The molecule has 0 radical (unpaired) electrons. The molecule has 76 valence electrons. The SMILES string of the molecule is COC(=O)C1C(C)CCCC1(C)C. The zero-order valence-electron chi connectivity index (χ0n) is 9.09. The lowest BCUT2D eigenvalue weighted by molar-refractivity contribution is -0.154. The standard InChI is InChI=1S/C11H20O2/c1-8-6-5-7-11(2,3)9(8)10(12)13-4/h8-9H,5-7H2,1-4H3. The predicted molar refractivity (Wildman–Crippen MR) is 52.3 cm³/mol. The van der Waals surface area contributed by atoms with E-state index in [1.165, 1.54) is 13.5 Å². The summed E-state index contributed by atoms with van der Waals surface area (Å²) in [5.41, 5.74) is 0.116. The smallest absolute Gasteiger partial charge is 0.309 e. The van der Waals surface area contributed by atoms with Crippen LogP contribution in [0, 0.1) is 17.3 Å². The third-order valence-electron chi connectivity index (χ3n) is 3.35. The molecule has 0 saturated heterocycles. The minimum Gasteiger partial charge on any atom is -0.469 e. The van der Waals surface area contributed by atoms with E-state index in [2.05, 4.69) is 20.8 Å². The number of ether oxygens (including phenoxy) is 1. The Kier molecular flexibility index (Phi) is 2.99. The van der Waals surface area contributed by atoms with Crippen LogP contribution >= 0.6 is 0 Å². The number of carbonyl (C=O) groups is 1. The number of hydrogen-bond acceptors (Lipinski definition) is 2. The van der Waals surface area contributed by atoms with Gasteiger partial charge in [-0.3, -0.25) is 4.79 Å². The minimum absolute atomic E-state index is 0.0304. The predicted octanol–water partition coefficient (Wildman–Crippen LogP) is 2.62. The first-order valence-corrected chi connectivity index (χ1v) is 5.07. The van der Waals surface area contributed by atoms with Gasteiger partial charge in [-0.15, -0.1) is 0 Å². The summed E-state index contributed by atoms with van der Waals surface area (Å²) < 4.78 is 4.86. The molecular formula is C11H20O2. The van der Waals surface area contributed by atoms with Crippen molar-refractivity contribution in [1.82, 2.24) is 0 Å². The fourth-order valence-electron chi connectivity index (χ4n) is 2.65. The first kappa shape index (κ1) is 10.6. The van der Waals surface area contributed by atoms with E-state index in [-0.39, 0.29) is 17.3 Å². The van der Waals surface area contributed by atoms with Crippen LogP contribution in [0.1, 0.15) is 40.0 Å². The summed E-state index contributed by atoms with van der Waals surface area (Å²) >= 11 is 0. The van der Waals surface area contributed by atoms with Crippen LogP contribution in [0.15, 0.2) is 0 Å². The van der Waals surface area contributed by atoms with Gasteiger partial charge in [-0.05, 0) is 24.2 Å². The van der Waals surface area contributed by atoms with Gasteiger partial charge in [0, 0.05) is 0 Å². The molecule has 1 aliphatic rings. The van der Waals surface area contributed by atoms with Crippen LogP contribution in [0.3, 0.4) is 0 Å². The van der Waals surface area contributed by atoms with Crippen molar-refractivity contribution < 1.29 is 9.53 Å². The first-order valence-electron chi connectivity index (χ1n) is 5.07. The van der Waals surface area contributed by atoms with E-state index in [0.717, 1.165) is 12.8 Å². The summed E-state index contributed by atoms with van der Waals surface area (Å²) in [6.45, 7) is 6.50. The molecule has 0 aromatic heterocycles. The molecule has 0 N–H and O–H groups in total. The lowest BCUT2D eigenvalue weighted by Crippen LogP contribution is -2.39. The molecule has 2 nitrogen and oxygen atoms in total. The molecular weight excluding hydrogens is 164 g/mol. The van der Waals surface area contributed by atoms with Crippen molar-refractivity contribution >= 4 is 5.97 Å². The van der Waals surface area contributed by atoms with Crippen molar-refractivity contribution in [3.63, 3.8) is 0 Å². The number of carbonyl (C=O) groups excluding carboxylic acids is 1. The summed E-state index contributed by atoms with van der Waals surface area (Å²) in [6.07, 6.45) is 3.53. The molecule has 2 atom stereocenters. The van der Waals surface area contributed by atoms with Gasteiger partial charge in [0.25, 0.3) is 0 Å². The molecule has 1 aliphatic carbocycles. The molecule has 0 aromatic carbocycles. The maximum atomic E-state index is 11.6. The molecule has 1 fully saturated rings. The van der Waals surface area contributed by atoms with Crippen LogP contribution in [-0.2, 0) is 9.53 Å². The Labute approximate surface area is 80.7 Å². The zero-order chi connectivity index (χ0) is 10.1. The van der Waals surface area contributed by atoms with Gasteiger partial charge in [-0.25, -0.2) is 0 Å². The largest absolute Gasteiger partial charge is 0.469 e. The van der Waals surface area contributed by atoms with Crippen LogP contribution in [0.25, 0.3) is 0 Å². The highest BCUT2D eigenvalue weighted by Gasteiger charge is 2.42. The van der Waals surface area contributed by atoms with E-state index >= 15 is 0 Å². The van der Waals surface area contributed by atoms with Gasteiger partial charge in [0.2, 0.25) is 0 Å². The summed E-state index contributed by atoms with van der Waals surface area (Å²) in [4.78, 5) is 11.6. The van der Waals surface area contributed by atoms with Crippen LogP contribution in [0.2, 0.25) is 0 Å². The monoisotopic (exact) mass is 184 g/mol. The first-order chi connectivity index (χ1) is 5.99. The number of esters is 1. The maximum Gasteiger partial charge on any atom is 0.309 e. The highest BCUT2D eigenvalue weighted by atomic mass is 16.5. The van der Waals surface area contributed by atoms with Crippen molar-refractivity contribution in [1.29, 1.82) is 0 Å². The second-order valence-corrected chi connectivity index (χ2v) is 4.86. The van der Waals surface area contributed by atoms with E-state index in [1.807, 2.05) is 0 Å². The quantitative estimate of drug-likeness (QED) is 0.585. The van der Waals surface area contributed by atoms with E-state index in [0.29, 0.717) is 5.92 Å². The van der Waals surface area contributed by atoms with Crippen LogP contribution < -0.4 is 0 Å². The zero-order valence-corrected chi connectivity index (χ0v) is 9.09. The van der Waals surface area contributed by atoms with Gasteiger partial charge >= 0.3 is 5.97 Å². The third kappa shape index (κ3) is 2.04. The molecule has 0 aromatic rings. The highest BCUT2D eigenvalue weighted by Crippen LogP contribution is 2.44. The number of rotatable bonds is 1. The second kappa shape index (κ2) is 3.69. The van der Waals surface area contributed by atoms with Crippen molar-refractivity contribution in [2.75, 3.05) is 7.11 Å². The van der Waals surface area contributed by atoms with Gasteiger partial charge < -0.3 is 4.74 Å². The average Bonchev–Trinajstić information content (AvgIpc) is 2.02. The highest BCUT2D eigenvalue weighted by molar-refractivity contribution is 5.73. The Morgan fingerprint density at radius 2 is 2.08 bits per heavy atom. The molecule has 1 saturated carbocycles. The molecule has 1 rings (SSSR count). The van der Waals surface area contributed by atoms with Gasteiger partial charge in [-0.2, -0.15) is 0 Å². The molecule has 0 bridgehead atoms. The minimum atomic E-state index is -0.0304. The van der Waals surface area contributed by atoms with E-state index in [1.54, 1.807) is 0 Å². The van der Waals surface area contributed by atoms with Gasteiger partial charge in [0.15, 0.2) is 0 Å². The normalized spacial score (nSPS) is 32.6. The molecule has 0 aliphatic heterocycles. The van der Waals surface area contributed by atoms with Gasteiger partial charge in [0.05, 0.1) is 13.0 Å². The van der Waals surface area contributed by atoms with Gasteiger partial charge in [-0.1, -0.05) is 27.2 Å². The molecule has 0 heterocycles. The Balaban J connectivity index is 2.80. The molecule has 0 amide bonds. The molecule has 2 unspecified atom stereocenters. The van der Waals surface area contributed by atoms with E-state index < -0.39 is 0 Å². The summed E-state index contributed by atoms with van der Waals surface area (Å²) in [6, 6.07) is 0. The Hall–Kier alpha value is -0.530. The van der Waals surface area contributed by atoms with Crippen LogP contribution in [0.5, 0.6) is 0 Å². The average molecular weight is 184 g/mol. The van der Waals surface area contributed by atoms with E-state index in [9.17, 15) is 4.79 Å². The topological polar surface area (TPSA) is 26.3 Å². The Morgan fingerprint density at radius 1 is 1.46 bits per heavy atom. The van der Waals surface area contributed by atoms with Crippen LogP contribution in [-0.4, -0.2) is 13.1 Å². The summed E-state index contributed by atoms with van der Waals surface area (Å²) in [7, 11) is 1.49. The maximum absolute atomic E-state index is 11.6. The van der Waals surface area contributed by atoms with Crippen molar-refractivity contribution in [2.45, 2.75) is 40.0 Å². The van der Waals surface area contributed by atoms with Crippen molar-refractivity contribution in [3.8, 4) is 0 Å². The van der Waals surface area contributed by atoms with Gasteiger partial charge in [0.1, 0.15) is 0 Å². The molecule has 0 spiro atoms. The van der Waals surface area contributed by atoms with Crippen molar-refractivity contribution in [2.24, 2.45) is 17.3 Å². The lowest BCUT2D eigenvalue weighted by Gasteiger charge is -2.40. The third-order valence-corrected chi connectivity index (χ3v) is 3.35. The number of methoxy groups -OCH3 is 1. The van der Waals surface area contributed by atoms with Crippen molar-refractivity contribution in [3.05, 3.63) is 0 Å².